The van der Waals surface area contributed by atoms with Crippen LogP contribution in [-0.4, -0.2) is 149 Å². The van der Waals surface area contributed by atoms with E-state index in [2.05, 4.69) is 20.8 Å². The van der Waals surface area contributed by atoms with Gasteiger partial charge >= 0.3 is 0 Å². The summed E-state index contributed by atoms with van der Waals surface area (Å²) in [6, 6.07) is 0. The van der Waals surface area contributed by atoms with E-state index in [1.54, 1.807) is 13.8 Å². The summed E-state index contributed by atoms with van der Waals surface area (Å²) in [4.78, 5) is 0. The minimum absolute atomic E-state index is 0.0128. The third-order valence-corrected chi connectivity index (χ3v) is 16.7. The van der Waals surface area contributed by atoms with Crippen LogP contribution in [0.4, 0.5) is 0 Å². The second-order valence-corrected chi connectivity index (χ2v) is 21.1. The Morgan fingerprint density at radius 3 is 2.02 bits per heavy atom. The molecule has 14 heteroatoms. The molecule has 0 aromatic heterocycles. The van der Waals surface area contributed by atoms with Gasteiger partial charge < -0.3 is 70.0 Å². The van der Waals surface area contributed by atoms with Crippen molar-refractivity contribution in [3.63, 3.8) is 0 Å². The molecule has 0 bridgehead atoms. The monoisotopic (exact) mass is 803 g/mol. The van der Waals surface area contributed by atoms with Gasteiger partial charge in [0.05, 0.1) is 42.2 Å². The van der Waals surface area contributed by atoms with Crippen LogP contribution in [0.15, 0.2) is 0 Å². The van der Waals surface area contributed by atoms with E-state index in [0.717, 1.165) is 12.8 Å². The Bertz CT molecular complexity index is 1370. The van der Waals surface area contributed by atoms with Crippen molar-refractivity contribution in [1.82, 2.24) is 0 Å². The van der Waals surface area contributed by atoms with Crippen LogP contribution in [0.3, 0.4) is 0 Å². The molecule has 0 unspecified atom stereocenters. The average molecular weight is 803 g/mol. The maximum absolute atomic E-state index is 12.3. The van der Waals surface area contributed by atoms with E-state index in [0.29, 0.717) is 44.9 Å². The summed E-state index contributed by atoms with van der Waals surface area (Å²) >= 11 is 0. The first kappa shape index (κ1) is 45.0. The summed E-state index contributed by atoms with van der Waals surface area (Å²) in [6.45, 7) is 17.1. The number of ether oxygens (including phenoxy) is 4. The van der Waals surface area contributed by atoms with Gasteiger partial charge in [0.2, 0.25) is 0 Å². The molecule has 4 aliphatic carbocycles. The number of aliphatic hydroxyl groups is 10. The summed E-state index contributed by atoms with van der Waals surface area (Å²) in [7, 11) is 0. The van der Waals surface area contributed by atoms with E-state index in [4.69, 9.17) is 18.9 Å². The fourth-order valence-corrected chi connectivity index (χ4v) is 13.5. The Labute approximate surface area is 332 Å². The highest BCUT2D eigenvalue weighted by Gasteiger charge is 2.73. The highest BCUT2D eigenvalue weighted by atomic mass is 16.8. The van der Waals surface area contributed by atoms with Gasteiger partial charge in [-0.25, -0.2) is 0 Å². The molecular formula is C42H74O14. The van der Waals surface area contributed by atoms with Gasteiger partial charge in [0.25, 0.3) is 0 Å². The maximum Gasteiger partial charge on any atom is 0.187 e. The number of aliphatic hydroxyl groups excluding tert-OH is 8. The van der Waals surface area contributed by atoms with E-state index in [1.165, 1.54) is 6.92 Å². The first-order chi connectivity index (χ1) is 25.7. The van der Waals surface area contributed by atoms with Crippen molar-refractivity contribution in [2.45, 2.75) is 211 Å². The van der Waals surface area contributed by atoms with E-state index >= 15 is 0 Å². The second-order valence-electron chi connectivity index (χ2n) is 21.1. The molecule has 0 aromatic rings. The fourth-order valence-electron chi connectivity index (χ4n) is 13.5. The van der Waals surface area contributed by atoms with Crippen molar-refractivity contribution in [2.24, 2.45) is 45.3 Å². The minimum Gasteiger partial charge on any atom is -0.394 e. The average Bonchev–Trinajstić information content (AvgIpc) is 3.48. The van der Waals surface area contributed by atoms with E-state index in [-0.39, 0.29) is 23.7 Å². The smallest absolute Gasteiger partial charge is 0.187 e. The Hall–Kier alpha value is -0.560. The lowest BCUT2D eigenvalue weighted by atomic mass is 9.34. The van der Waals surface area contributed by atoms with Crippen LogP contribution >= 0.6 is 0 Å². The van der Waals surface area contributed by atoms with Gasteiger partial charge in [-0.2, -0.15) is 0 Å². The first-order valence-corrected chi connectivity index (χ1v) is 21.2. The van der Waals surface area contributed by atoms with Crippen LogP contribution in [0.1, 0.15) is 120 Å². The molecule has 14 nitrogen and oxygen atoms in total. The summed E-state index contributed by atoms with van der Waals surface area (Å²) < 4.78 is 25.1. The largest absolute Gasteiger partial charge is 0.394 e. The van der Waals surface area contributed by atoms with Crippen LogP contribution in [0.25, 0.3) is 0 Å². The van der Waals surface area contributed by atoms with Crippen LogP contribution < -0.4 is 0 Å². The molecule has 6 fully saturated rings. The van der Waals surface area contributed by atoms with Crippen molar-refractivity contribution in [3.8, 4) is 0 Å². The molecular weight excluding hydrogens is 728 g/mol. The van der Waals surface area contributed by atoms with Gasteiger partial charge in [-0.3, -0.25) is 0 Å². The quantitative estimate of drug-likeness (QED) is 0.140. The molecule has 0 radical (unpaired) electrons. The number of hydrogen-bond acceptors (Lipinski definition) is 14. The third-order valence-electron chi connectivity index (χ3n) is 16.7. The highest BCUT2D eigenvalue weighted by molar-refractivity contribution is 5.22. The number of rotatable bonds is 10. The van der Waals surface area contributed by atoms with Gasteiger partial charge in [-0.1, -0.05) is 34.6 Å². The fraction of sp³-hybridized carbons (Fsp3) is 1.00. The Balaban J connectivity index is 1.37. The highest BCUT2D eigenvalue weighted by Crippen LogP contribution is 2.76. The zero-order valence-corrected chi connectivity index (χ0v) is 35.0. The Kier molecular flexibility index (Phi) is 12.4. The van der Waals surface area contributed by atoms with Gasteiger partial charge in [-0.15, -0.1) is 0 Å². The molecule has 2 heterocycles. The topological polar surface area (TPSA) is 239 Å². The molecule has 6 aliphatic rings. The molecule has 0 aromatic carbocycles. The van der Waals surface area contributed by atoms with Crippen LogP contribution in [0.5, 0.6) is 0 Å². The van der Waals surface area contributed by atoms with E-state index in [1.807, 2.05) is 20.8 Å². The van der Waals surface area contributed by atoms with Crippen molar-refractivity contribution >= 4 is 0 Å². The molecule has 10 N–H and O–H groups in total. The van der Waals surface area contributed by atoms with Crippen LogP contribution in [0.2, 0.25) is 0 Å². The molecule has 0 amide bonds. The molecule has 326 valence electrons. The maximum atomic E-state index is 12.3. The Morgan fingerprint density at radius 1 is 0.732 bits per heavy atom. The molecule has 2 aliphatic heterocycles. The normalized spacial score (nSPS) is 53.1. The SMILES string of the molecule is C[C@@H]1O[C@@H](O[C@H]2[C@H](O[C@H]3C[C@]4(C)[C@H](C[C@@H](O)[C@@H]5[C@@H]([C@@](C)(O)CCCC(C)(C)O)CC[C@]54C)[C@@]4(C)CC[C@H](O)C(C)(C)[C@H]34)O[C@H](CO)[C@@H](O)[C@@H]2O)[C@H](O)[C@H](O)[C@H]1O. The summed E-state index contributed by atoms with van der Waals surface area (Å²) in [5, 5.41) is 111. The molecule has 21 atom stereocenters. The second kappa shape index (κ2) is 15.4. The molecule has 56 heavy (non-hydrogen) atoms. The molecule has 4 saturated carbocycles. The third kappa shape index (κ3) is 7.35. The standard InChI is InChI=1S/C42H74O14/c1-20-28(46)30(48)32(50)35(53-20)56-33-31(49)29(47)24(19-43)55-36(33)54-23-18-41(8)25(39(6)15-12-26(45)38(4,5)34(23)39)17-22(44)27-21(11-16-40(27,41)7)42(9,52)14-10-13-37(2,3)51/h20-36,43-52H,10-19H2,1-9H3/t20-,21-,22+,23-,24+,25+,26-,27-,28-,29+,30+,31-,32+,33+,34-,35-,36+,39+,40+,41+,42-/m0/s1. The minimum atomic E-state index is -1.71. The lowest BCUT2D eigenvalue weighted by molar-refractivity contribution is -0.382. The lowest BCUT2D eigenvalue weighted by Crippen LogP contribution is -2.71. The Morgan fingerprint density at radius 2 is 1.39 bits per heavy atom. The van der Waals surface area contributed by atoms with E-state index < -0.39 is 119 Å². The van der Waals surface area contributed by atoms with Gasteiger partial charge in [0.1, 0.15) is 42.7 Å². The van der Waals surface area contributed by atoms with Crippen molar-refractivity contribution in [3.05, 3.63) is 0 Å². The van der Waals surface area contributed by atoms with Crippen LogP contribution in [0, 0.1) is 45.3 Å². The molecule has 0 spiro atoms. The van der Waals surface area contributed by atoms with Gasteiger partial charge in [-0.05, 0) is 131 Å². The first-order valence-electron chi connectivity index (χ1n) is 21.2. The van der Waals surface area contributed by atoms with Crippen molar-refractivity contribution in [2.75, 3.05) is 6.61 Å². The van der Waals surface area contributed by atoms with E-state index in [9.17, 15) is 51.1 Å². The predicted molar refractivity (Wildman–Crippen MR) is 202 cm³/mol. The van der Waals surface area contributed by atoms with Crippen LogP contribution in [-0.2, 0) is 18.9 Å². The van der Waals surface area contributed by atoms with Crippen molar-refractivity contribution < 1.29 is 70.0 Å². The summed E-state index contributed by atoms with van der Waals surface area (Å²) in [5.74, 6) is -0.689. The predicted octanol–water partition coefficient (Wildman–Crippen LogP) is 1.34. The zero-order chi connectivity index (χ0) is 41.7. The number of fused-ring (bicyclic) bond motifs is 5. The number of hydrogen-bond donors (Lipinski definition) is 10. The molecule has 2 saturated heterocycles. The lowest BCUT2D eigenvalue weighted by Gasteiger charge is -2.72. The van der Waals surface area contributed by atoms with Gasteiger partial charge in [0, 0.05) is 0 Å². The molecule has 6 rings (SSSR count). The van der Waals surface area contributed by atoms with Gasteiger partial charge in [0.15, 0.2) is 12.6 Å². The summed E-state index contributed by atoms with van der Waals surface area (Å²) in [6.07, 6.45) is -11.2. The van der Waals surface area contributed by atoms with Crippen molar-refractivity contribution in [1.29, 1.82) is 0 Å². The summed E-state index contributed by atoms with van der Waals surface area (Å²) in [5.41, 5.74) is -3.96. The zero-order valence-electron chi connectivity index (χ0n) is 35.0.